The summed E-state index contributed by atoms with van der Waals surface area (Å²) >= 11 is 6.45. The van der Waals surface area contributed by atoms with Crippen molar-refractivity contribution in [3.8, 4) is 16.9 Å². The largest absolute Gasteiger partial charge is 0.302 e. The molecule has 0 bridgehead atoms. The average molecular weight is 410 g/mol. The second-order valence-corrected chi connectivity index (χ2v) is 7.41. The highest BCUT2D eigenvalue weighted by molar-refractivity contribution is 6.33. The Morgan fingerprint density at radius 3 is 2.66 bits per heavy atom. The number of aromatic amines is 1. The molecule has 29 heavy (non-hydrogen) atoms. The molecule has 0 saturated heterocycles. The summed E-state index contributed by atoms with van der Waals surface area (Å²) < 4.78 is 15.1. The van der Waals surface area contributed by atoms with E-state index < -0.39 is 0 Å². The second-order valence-electron chi connectivity index (χ2n) is 7.00. The van der Waals surface area contributed by atoms with Crippen LogP contribution in [0.5, 0.6) is 0 Å². The Labute approximate surface area is 173 Å². The van der Waals surface area contributed by atoms with Gasteiger partial charge in [-0.05, 0) is 49.4 Å². The van der Waals surface area contributed by atoms with Gasteiger partial charge in [0.25, 0.3) is 0 Å². The maximum Gasteiger partial charge on any atom is 0.123 e. The van der Waals surface area contributed by atoms with Crippen LogP contribution in [0.4, 0.5) is 4.39 Å². The van der Waals surface area contributed by atoms with Gasteiger partial charge in [0.1, 0.15) is 5.82 Å². The summed E-state index contributed by atoms with van der Waals surface area (Å²) in [5.74, 6) is -0.272. The van der Waals surface area contributed by atoms with Crippen molar-refractivity contribution < 1.29 is 4.39 Å². The molecule has 0 amide bonds. The van der Waals surface area contributed by atoms with E-state index in [2.05, 4.69) is 22.1 Å². The van der Waals surface area contributed by atoms with Gasteiger partial charge in [-0.15, -0.1) is 0 Å². The lowest BCUT2D eigenvalue weighted by atomic mass is 10.1. The molecule has 5 nitrogen and oxygen atoms in total. The van der Waals surface area contributed by atoms with Gasteiger partial charge in [0, 0.05) is 36.6 Å². The molecule has 2 heterocycles. The minimum atomic E-state index is -0.272. The zero-order valence-corrected chi connectivity index (χ0v) is 16.8. The third-order valence-electron chi connectivity index (χ3n) is 4.79. The van der Waals surface area contributed by atoms with Gasteiger partial charge in [0.05, 0.1) is 22.6 Å². The number of nitrogens with one attached hydrogen (secondary N) is 1. The zero-order valence-electron chi connectivity index (χ0n) is 16.0. The molecule has 148 valence electrons. The average Bonchev–Trinajstić information content (AvgIpc) is 3.38. The molecule has 0 spiro atoms. The second kappa shape index (κ2) is 8.59. The molecule has 0 fully saturated rings. The summed E-state index contributed by atoms with van der Waals surface area (Å²) in [6.45, 7) is 1.59. The predicted molar refractivity (Wildman–Crippen MR) is 113 cm³/mol. The van der Waals surface area contributed by atoms with E-state index >= 15 is 0 Å². The number of hydrogen-bond donors (Lipinski definition) is 1. The Morgan fingerprint density at radius 2 is 1.93 bits per heavy atom. The van der Waals surface area contributed by atoms with E-state index in [1.165, 1.54) is 17.7 Å². The molecule has 2 aromatic carbocycles. The SMILES string of the molecule is CN(CCc1cn[nH]c1)Cc1cn(-c2ccc(F)cc2)nc1-c1ccccc1Cl. The normalized spacial score (nSPS) is 11.3. The molecule has 0 atom stereocenters. The summed E-state index contributed by atoms with van der Waals surface area (Å²) in [6, 6.07) is 14.0. The van der Waals surface area contributed by atoms with E-state index in [1.807, 2.05) is 42.9 Å². The Morgan fingerprint density at radius 1 is 1.14 bits per heavy atom. The van der Waals surface area contributed by atoms with Crippen molar-refractivity contribution in [1.29, 1.82) is 0 Å². The van der Waals surface area contributed by atoms with Gasteiger partial charge >= 0.3 is 0 Å². The molecule has 0 saturated carbocycles. The fourth-order valence-electron chi connectivity index (χ4n) is 3.24. The molecule has 0 radical (unpaired) electrons. The first-order chi connectivity index (χ1) is 14.1. The maximum atomic E-state index is 13.3. The van der Waals surface area contributed by atoms with Crippen molar-refractivity contribution in [2.24, 2.45) is 0 Å². The Kier molecular flexibility index (Phi) is 5.74. The van der Waals surface area contributed by atoms with Crippen LogP contribution in [-0.2, 0) is 13.0 Å². The third kappa shape index (κ3) is 4.55. The smallest absolute Gasteiger partial charge is 0.123 e. The molecule has 7 heteroatoms. The van der Waals surface area contributed by atoms with Crippen LogP contribution >= 0.6 is 11.6 Å². The highest BCUT2D eigenvalue weighted by Crippen LogP contribution is 2.30. The lowest BCUT2D eigenvalue weighted by Crippen LogP contribution is -2.20. The summed E-state index contributed by atoms with van der Waals surface area (Å²) in [4.78, 5) is 2.24. The molecule has 0 aliphatic heterocycles. The van der Waals surface area contributed by atoms with Gasteiger partial charge < -0.3 is 4.90 Å². The summed E-state index contributed by atoms with van der Waals surface area (Å²) in [7, 11) is 2.08. The van der Waals surface area contributed by atoms with Crippen molar-refractivity contribution in [3.05, 3.63) is 89.1 Å². The van der Waals surface area contributed by atoms with Crippen LogP contribution in [0.25, 0.3) is 16.9 Å². The Bertz CT molecular complexity index is 1070. The fraction of sp³-hybridized carbons (Fsp3) is 0.182. The number of likely N-dealkylation sites (N-methyl/N-ethyl adjacent to an activating group) is 1. The lowest BCUT2D eigenvalue weighted by Gasteiger charge is -2.16. The van der Waals surface area contributed by atoms with Crippen molar-refractivity contribution in [2.45, 2.75) is 13.0 Å². The van der Waals surface area contributed by atoms with Gasteiger partial charge in [0.15, 0.2) is 0 Å². The summed E-state index contributed by atoms with van der Waals surface area (Å²) in [6.07, 6.45) is 6.64. The van der Waals surface area contributed by atoms with Crippen molar-refractivity contribution >= 4 is 11.6 Å². The number of aromatic nitrogens is 4. The molecule has 2 aromatic heterocycles. The number of nitrogens with zero attached hydrogens (tertiary/aromatic N) is 4. The molecule has 4 rings (SSSR count). The van der Waals surface area contributed by atoms with E-state index in [-0.39, 0.29) is 5.82 Å². The zero-order chi connectivity index (χ0) is 20.2. The van der Waals surface area contributed by atoms with Crippen LogP contribution in [0.2, 0.25) is 5.02 Å². The maximum absolute atomic E-state index is 13.3. The summed E-state index contributed by atoms with van der Waals surface area (Å²) in [5.41, 5.74) is 4.73. The van der Waals surface area contributed by atoms with Gasteiger partial charge in [-0.2, -0.15) is 10.2 Å². The number of benzene rings is 2. The van der Waals surface area contributed by atoms with Gasteiger partial charge in [-0.25, -0.2) is 9.07 Å². The minimum absolute atomic E-state index is 0.272. The van der Waals surface area contributed by atoms with E-state index in [1.54, 1.807) is 16.8 Å². The van der Waals surface area contributed by atoms with Crippen LogP contribution in [0.15, 0.2) is 67.1 Å². The van der Waals surface area contributed by atoms with Crippen LogP contribution in [0.3, 0.4) is 0 Å². The van der Waals surface area contributed by atoms with Crippen molar-refractivity contribution in [3.63, 3.8) is 0 Å². The fourth-order valence-corrected chi connectivity index (χ4v) is 3.46. The predicted octanol–water partition coefficient (Wildman–Crippen LogP) is 4.73. The van der Waals surface area contributed by atoms with E-state index in [0.717, 1.165) is 35.5 Å². The summed E-state index contributed by atoms with van der Waals surface area (Å²) in [5, 5.41) is 12.3. The third-order valence-corrected chi connectivity index (χ3v) is 5.12. The van der Waals surface area contributed by atoms with E-state index in [4.69, 9.17) is 16.7 Å². The van der Waals surface area contributed by atoms with E-state index in [0.29, 0.717) is 11.6 Å². The van der Waals surface area contributed by atoms with Crippen LogP contribution in [-0.4, -0.2) is 38.5 Å². The van der Waals surface area contributed by atoms with Crippen molar-refractivity contribution in [2.75, 3.05) is 13.6 Å². The number of rotatable bonds is 7. The van der Waals surface area contributed by atoms with Gasteiger partial charge in [-0.1, -0.05) is 29.8 Å². The number of halogens is 2. The highest BCUT2D eigenvalue weighted by Gasteiger charge is 2.16. The lowest BCUT2D eigenvalue weighted by molar-refractivity contribution is 0.331. The first-order valence-corrected chi connectivity index (χ1v) is 9.73. The Hall–Kier alpha value is -2.96. The minimum Gasteiger partial charge on any atom is -0.302 e. The molecule has 1 N–H and O–H groups in total. The Balaban J connectivity index is 1.63. The number of hydrogen-bond acceptors (Lipinski definition) is 3. The molecular weight excluding hydrogens is 389 g/mol. The van der Waals surface area contributed by atoms with Gasteiger partial charge in [-0.3, -0.25) is 5.10 Å². The molecule has 0 unspecified atom stereocenters. The first-order valence-electron chi connectivity index (χ1n) is 9.36. The molecule has 4 aromatic rings. The molecule has 0 aliphatic carbocycles. The molecular formula is C22H21ClFN5. The van der Waals surface area contributed by atoms with E-state index in [9.17, 15) is 4.39 Å². The van der Waals surface area contributed by atoms with Crippen LogP contribution in [0, 0.1) is 5.82 Å². The van der Waals surface area contributed by atoms with Crippen LogP contribution in [0.1, 0.15) is 11.1 Å². The number of H-pyrrole nitrogens is 1. The monoisotopic (exact) mass is 409 g/mol. The standard InChI is InChI=1S/C22H21ClFN5/c1-28(11-10-16-12-25-26-13-16)14-17-15-29(19-8-6-18(24)7-9-19)27-22(17)20-4-2-3-5-21(20)23/h2-9,12-13,15H,10-11,14H2,1H3,(H,25,26). The molecule has 0 aliphatic rings. The van der Waals surface area contributed by atoms with Gasteiger partial charge in [0.2, 0.25) is 0 Å². The topological polar surface area (TPSA) is 49.7 Å². The quantitative estimate of drug-likeness (QED) is 0.480. The van der Waals surface area contributed by atoms with Crippen molar-refractivity contribution in [1.82, 2.24) is 24.9 Å². The highest BCUT2D eigenvalue weighted by atomic mass is 35.5. The van der Waals surface area contributed by atoms with Crippen LogP contribution < -0.4 is 0 Å². The first kappa shape index (κ1) is 19.4.